The predicted molar refractivity (Wildman–Crippen MR) is 67.3 cm³/mol. The van der Waals surface area contributed by atoms with E-state index in [-0.39, 0.29) is 12.3 Å². The van der Waals surface area contributed by atoms with Gasteiger partial charge < -0.3 is 19.7 Å². The lowest BCUT2D eigenvalue weighted by molar-refractivity contribution is -0.384. The maximum absolute atomic E-state index is 11.4. The first-order valence-corrected chi connectivity index (χ1v) is 5.70. The standard InChI is InChI=1S/C12H13NO8/c1-20-12(17)10(9(14)11(15)16)21-6-7-2-4-8(5-3-7)13(18)19/h2-5,9-10,14H,6H2,1H3,(H,15,16)/t9-,10-/m1/s1. The Hall–Kier alpha value is -2.52. The van der Waals surface area contributed by atoms with Crippen LogP contribution in [0.1, 0.15) is 5.56 Å². The zero-order valence-corrected chi connectivity index (χ0v) is 11.0. The molecule has 21 heavy (non-hydrogen) atoms. The number of nitro groups is 1. The number of nitro benzene ring substituents is 1. The molecule has 9 heteroatoms. The van der Waals surface area contributed by atoms with E-state index in [0.717, 1.165) is 7.11 Å². The maximum Gasteiger partial charge on any atom is 0.338 e. The molecule has 114 valence electrons. The molecule has 0 bridgehead atoms. The summed E-state index contributed by atoms with van der Waals surface area (Å²) >= 11 is 0. The van der Waals surface area contributed by atoms with Crippen molar-refractivity contribution in [2.75, 3.05) is 7.11 Å². The van der Waals surface area contributed by atoms with Gasteiger partial charge in [0.1, 0.15) is 0 Å². The minimum absolute atomic E-state index is 0.117. The van der Waals surface area contributed by atoms with E-state index < -0.39 is 29.1 Å². The molecule has 0 aliphatic carbocycles. The Morgan fingerprint density at radius 2 is 1.90 bits per heavy atom. The molecule has 0 spiro atoms. The number of non-ortho nitro benzene ring substituents is 1. The summed E-state index contributed by atoms with van der Waals surface area (Å²) < 4.78 is 9.38. The van der Waals surface area contributed by atoms with Crippen molar-refractivity contribution in [2.24, 2.45) is 0 Å². The summed E-state index contributed by atoms with van der Waals surface area (Å²) in [7, 11) is 1.03. The predicted octanol–water partition coefficient (Wildman–Crippen LogP) is 0.0985. The van der Waals surface area contributed by atoms with Gasteiger partial charge in [0, 0.05) is 12.1 Å². The van der Waals surface area contributed by atoms with Crippen LogP contribution < -0.4 is 0 Å². The Labute approximate surface area is 118 Å². The molecule has 2 N–H and O–H groups in total. The zero-order valence-electron chi connectivity index (χ0n) is 11.0. The summed E-state index contributed by atoms with van der Waals surface area (Å²) in [4.78, 5) is 32.0. The number of hydrogen-bond donors (Lipinski definition) is 2. The number of carboxylic acids is 1. The van der Waals surface area contributed by atoms with Gasteiger partial charge in [-0.2, -0.15) is 0 Å². The topological polar surface area (TPSA) is 136 Å². The second kappa shape index (κ2) is 7.31. The molecule has 1 aromatic rings. The molecule has 1 aromatic carbocycles. The molecular formula is C12H13NO8. The maximum atomic E-state index is 11.4. The third-order valence-corrected chi connectivity index (χ3v) is 2.55. The van der Waals surface area contributed by atoms with Crippen LogP contribution in [-0.2, 0) is 25.7 Å². The van der Waals surface area contributed by atoms with E-state index in [9.17, 15) is 24.8 Å². The average molecular weight is 299 g/mol. The largest absolute Gasteiger partial charge is 0.479 e. The van der Waals surface area contributed by atoms with Gasteiger partial charge in [-0.1, -0.05) is 0 Å². The third-order valence-electron chi connectivity index (χ3n) is 2.55. The van der Waals surface area contributed by atoms with Gasteiger partial charge in [-0.3, -0.25) is 10.1 Å². The minimum Gasteiger partial charge on any atom is -0.479 e. The molecule has 0 aromatic heterocycles. The van der Waals surface area contributed by atoms with Crippen molar-refractivity contribution < 1.29 is 34.2 Å². The molecule has 0 radical (unpaired) electrons. The van der Waals surface area contributed by atoms with Gasteiger partial charge in [0.25, 0.3) is 5.69 Å². The van der Waals surface area contributed by atoms with Gasteiger partial charge in [-0.05, 0) is 17.7 Å². The van der Waals surface area contributed by atoms with Crippen molar-refractivity contribution in [3.63, 3.8) is 0 Å². The van der Waals surface area contributed by atoms with E-state index >= 15 is 0 Å². The number of carbonyl (C=O) groups is 2. The molecule has 0 unspecified atom stereocenters. The highest BCUT2D eigenvalue weighted by atomic mass is 16.6. The SMILES string of the molecule is COC(=O)[C@H](OCc1ccc([N+](=O)[O-])cc1)[C@@H](O)C(=O)O. The Balaban J connectivity index is 2.74. The van der Waals surface area contributed by atoms with Gasteiger partial charge >= 0.3 is 11.9 Å². The second-order valence-electron chi connectivity index (χ2n) is 3.96. The monoisotopic (exact) mass is 299 g/mol. The number of nitrogens with zero attached hydrogens (tertiary/aromatic N) is 1. The number of rotatable bonds is 7. The first kappa shape index (κ1) is 16.5. The van der Waals surface area contributed by atoms with Gasteiger partial charge in [0.05, 0.1) is 18.6 Å². The Morgan fingerprint density at radius 1 is 1.33 bits per heavy atom. The van der Waals surface area contributed by atoms with E-state index in [1.165, 1.54) is 24.3 Å². The molecule has 0 aliphatic rings. The van der Waals surface area contributed by atoms with Gasteiger partial charge in [-0.25, -0.2) is 9.59 Å². The molecule has 0 saturated heterocycles. The second-order valence-corrected chi connectivity index (χ2v) is 3.96. The highest BCUT2D eigenvalue weighted by molar-refractivity contribution is 5.84. The summed E-state index contributed by atoms with van der Waals surface area (Å²) in [6.45, 7) is -0.220. The molecular weight excluding hydrogens is 286 g/mol. The quantitative estimate of drug-likeness (QED) is 0.411. The van der Waals surface area contributed by atoms with Crippen LogP contribution in [-0.4, -0.2) is 46.4 Å². The number of methoxy groups -OCH3 is 1. The van der Waals surface area contributed by atoms with Crippen molar-refractivity contribution in [3.05, 3.63) is 39.9 Å². The van der Waals surface area contributed by atoms with Crippen LogP contribution in [0.5, 0.6) is 0 Å². The summed E-state index contributed by atoms with van der Waals surface area (Å²) in [6, 6.07) is 5.25. The van der Waals surface area contributed by atoms with Crippen LogP contribution in [0.15, 0.2) is 24.3 Å². The van der Waals surface area contributed by atoms with Gasteiger partial charge in [0.2, 0.25) is 0 Å². The lowest BCUT2D eigenvalue weighted by atomic mass is 10.2. The van der Waals surface area contributed by atoms with Crippen LogP contribution >= 0.6 is 0 Å². The summed E-state index contributed by atoms with van der Waals surface area (Å²) in [5.41, 5.74) is 0.348. The Morgan fingerprint density at radius 3 is 2.33 bits per heavy atom. The lowest BCUT2D eigenvalue weighted by Crippen LogP contribution is -2.42. The fraction of sp³-hybridized carbons (Fsp3) is 0.333. The normalized spacial score (nSPS) is 13.2. The molecule has 0 fully saturated rings. The highest BCUT2D eigenvalue weighted by Gasteiger charge is 2.34. The number of aliphatic carboxylic acids is 1. The lowest BCUT2D eigenvalue weighted by Gasteiger charge is -2.18. The molecule has 2 atom stereocenters. The first-order chi connectivity index (χ1) is 9.86. The van der Waals surface area contributed by atoms with Crippen LogP contribution in [0.2, 0.25) is 0 Å². The Bertz CT molecular complexity index is 527. The van der Waals surface area contributed by atoms with E-state index in [2.05, 4.69) is 4.74 Å². The number of aliphatic hydroxyl groups excluding tert-OH is 1. The molecule has 1 rings (SSSR count). The number of ether oxygens (including phenoxy) is 2. The summed E-state index contributed by atoms with van der Waals surface area (Å²) in [5.74, 6) is -2.67. The van der Waals surface area contributed by atoms with E-state index in [4.69, 9.17) is 9.84 Å². The molecule has 0 amide bonds. The number of esters is 1. The van der Waals surface area contributed by atoms with Crippen LogP contribution in [0, 0.1) is 10.1 Å². The number of benzene rings is 1. The summed E-state index contributed by atoms with van der Waals surface area (Å²) in [5, 5.41) is 28.5. The van der Waals surface area contributed by atoms with E-state index in [1.54, 1.807) is 0 Å². The number of carboxylic acid groups (broad SMARTS) is 1. The number of aliphatic hydroxyl groups is 1. The first-order valence-electron chi connectivity index (χ1n) is 5.70. The van der Waals surface area contributed by atoms with Gasteiger partial charge in [-0.15, -0.1) is 0 Å². The van der Waals surface area contributed by atoms with E-state index in [1.807, 2.05) is 0 Å². The molecule has 0 aliphatic heterocycles. The van der Waals surface area contributed by atoms with Crippen molar-refractivity contribution in [1.82, 2.24) is 0 Å². The highest BCUT2D eigenvalue weighted by Crippen LogP contribution is 2.14. The van der Waals surface area contributed by atoms with Gasteiger partial charge in [0.15, 0.2) is 12.2 Å². The van der Waals surface area contributed by atoms with Crippen LogP contribution in [0.4, 0.5) is 5.69 Å². The Kier molecular flexibility index (Phi) is 5.76. The smallest absolute Gasteiger partial charge is 0.338 e. The van der Waals surface area contributed by atoms with Crippen LogP contribution in [0.3, 0.4) is 0 Å². The van der Waals surface area contributed by atoms with E-state index in [0.29, 0.717) is 5.56 Å². The fourth-order valence-electron chi connectivity index (χ4n) is 1.43. The van der Waals surface area contributed by atoms with Crippen LogP contribution in [0.25, 0.3) is 0 Å². The average Bonchev–Trinajstić information content (AvgIpc) is 2.47. The molecule has 9 nitrogen and oxygen atoms in total. The van der Waals surface area contributed by atoms with Crippen molar-refractivity contribution >= 4 is 17.6 Å². The van der Waals surface area contributed by atoms with Crippen molar-refractivity contribution in [1.29, 1.82) is 0 Å². The zero-order chi connectivity index (χ0) is 16.0. The van der Waals surface area contributed by atoms with Crippen molar-refractivity contribution in [3.8, 4) is 0 Å². The molecule has 0 saturated carbocycles. The summed E-state index contributed by atoms with van der Waals surface area (Å²) in [6.07, 6.45) is -3.77. The minimum atomic E-state index is -2.07. The third kappa shape index (κ3) is 4.51. The number of carbonyl (C=O) groups excluding carboxylic acids is 1. The van der Waals surface area contributed by atoms with Crippen molar-refractivity contribution in [2.45, 2.75) is 18.8 Å². The molecule has 0 heterocycles. The number of hydrogen-bond acceptors (Lipinski definition) is 7. The fourth-order valence-corrected chi connectivity index (χ4v) is 1.43.